The van der Waals surface area contributed by atoms with Gasteiger partial charge in [-0.25, -0.2) is 0 Å². The maximum atomic E-state index is 12.4. The molecule has 7 heteroatoms. The quantitative estimate of drug-likeness (QED) is 0.865. The fraction of sp³-hybridized carbons (Fsp3) is 0.412. The van der Waals surface area contributed by atoms with Crippen molar-refractivity contribution in [1.82, 2.24) is 15.1 Å². The van der Waals surface area contributed by atoms with Gasteiger partial charge in [0.15, 0.2) is 17.1 Å². The highest BCUT2D eigenvalue weighted by molar-refractivity contribution is 9.10. The lowest BCUT2D eigenvalue weighted by Gasteiger charge is -2.35. The molecule has 1 atom stereocenters. The Balaban J connectivity index is 1.66. The third-order valence-electron chi connectivity index (χ3n) is 3.83. The number of halogens is 1. The second-order valence-corrected chi connectivity index (χ2v) is 7.11. The molecule has 1 amide bonds. The van der Waals surface area contributed by atoms with Crippen LogP contribution in [0.15, 0.2) is 35.1 Å². The zero-order chi connectivity index (χ0) is 17.3. The molecule has 2 aromatic rings. The van der Waals surface area contributed by atoms with Crippen LogP contribution in [0.5, 0.6) is 11.5 Å². The van der Waals surface area contributed by atoms with Gasteiger partial charge in [-0.05, 0) is 48.8 Å². The largest absolute Gasteiger partial charge is 0.485 e. The van der Waals surface area contributed by atoms with Crippen LogP contribution in [-0.4, -0.2) is 34.4 Å². The summed E-state index contributed by atoms with van der Waals surface area (Å²) in [7, 11) is 0. The molecule has 0 spiro atoms. The van der Waals surface area contributed by atoms with Crippen molar-refractivity contribution in [1.29, 1.82) is 0 Å². The number of nitrogens with one attached hydrogen (secondary N) is 1. The number of aromatic nitrogens is 2. The first-order valence-electron chi connectivity index (χ1n) is 7.82. The fourth-order valence-electron chi connectivity index (χ4n) is 2.49. The molecule has 128 valence electrons. The highest BCUT2D eigenvalue weighted by Crippen LogP contribution is 2.34. The molecule has 0 saturated heterocycles. The van der Waals surface area contributed by atoms with E-state index in [1.807, 2.05) is 45.0 Å². The number of carbonyl (C=O) groups excluding carboxylic acids is 1. The van der Waals surface area contributed by atoms with Crippen LogP contribution in [0.2, 0.25) is 0 Å². The first kappa shape index (κ1) is 16.8. The van der Waals surface area contributed by atoms with Crippen LogP contribution in [0.1, 0.15) is 37.2 Å². The number of hydrogen-bond donors (Lipinski definition) is 1. The van der Waals surface area contributed by atoms with Gasteiger partial charge >= 0.3 is 0 Å². The van der Waals surface area contributed by atoms with E-state index in [1.165, 1.54) is 0 Å². The van der Waals surface area contributed by atoms with Gasteiger partial charge in [-0.15, -0.1) is 0 Å². The third kappa shape index (κ3) is 3.26. The molecule has 1 unspecified atom stereocenters. The Morgan fingerprint density at radius 3 is 2.79 bits per heavy atom. The van der Waals surface area contributed by atoms with Crippen LogP contribution < -0.4 is 14.8 Å². The predicted molar refractivity (Wildman–Crippen MR) is 93.6 cm³/mol. The summed E-state index contributed by atoms with van der Waals surface area (Å²) in [6.45, 7) is 6.63. The average molecular weight is 394 g/mol. The third-order valence-corrected chi connectivity index (χ3v) is 4.62. The van der Waals surface area contributed by atoms with E-state index in [1.54, 1.807) is 10.9 Å². The molecule has 1 aromatic carbocycles. The number of fused-ring (bicyclic) bond motifs is 1. The normalized spacial score (nSPS) is 19.4. The van der Waals surface area contributed by atoms with Crippen molar-refractivity contribution in [2.75, 3.05) is 13.2 Å². The summed E-state index contributed by atoms with van der Waals surface area (Å²) in [6, 6.07) is 7.69. The Labute approximate surface area is 149 Å². The Morgan fingerprint density at radius 2 is 2.12 bits per heavy atom. The molecule has 0 radical (unpaired) electrons. The van der Waals surface area contributed by atoms with Crippen molar-refractivity contribution < 1.29 is 14.3 Å². The van der Waals surface area contributed by atoms with Crippen LogP contribution in [0.4, 0.5) is 0 Å². The van der Waals surface area contributed by atoms with Crippen LogP contribution >= 0.6 is 15.9 Å². The molecular weight excluding hydrogens is 374 g/mol. The van der Waals surface area contributed by atoms with Gasteiger partial charge in [-0.3, -0.25) is 9.48 Å². The fourth-order valence-corrected chi connectivity index (χ4v) is 3.27. The van der Waals surface area contributed by atoms with Crippen molar-refractivity contribution in [2.24, 2.45) is 0 Å². The van der Waals surface area contributed by atoms with Crippen molar-refractivity contribution >= 4 is 21.8 Å². The van der Waals surface area contributed by atoms with Crippen LogP contribution in [-0.2, 0) is 0 Å². The van der Waals surface area contributed by atoms with E-state index < -0.39 is 5.60 Å². The maximum absolute atomic E-state index is 12.4. The van der Waals surface area contributed by atoms with Gasteiger partial charge in [0.1, 0.15) is 11.2 Å². The number of ether oxygens (including phenoxy) is 2. The summed E-state index contributed by atoms with van der Waals surface area (Å²) in [6.07, 6.45) is 1.56. The lowest BCUT2D eigenvalue weighted by molar-refractivity contribution is 0.00723. The molecule has 0 saturated carbocycles. The minimum Gasteiger partial charge on any atom is -0.485 e. The molecule has 1 aliphatic heterocycles. The molecule has 0 bridgehead atoms. The summed E-state index contributed by atoms with van der Waals surface area (Å²) in [5.41, 5.74) is -0.116. The van der Waals surface area contributed by atoms with Gasteiger partial charge < -0.3 is 14.8 Å². The maximum Gasteiger partial charge on any atom is 0.255 e. The minimum absolute atomic E-state index is 0.171. The lowest BCUT2D eigenvalue weighted by atomic mass is 10.1. The first-order chi connectivity index (χ1) is 11.4. The number of benzene rings is 1. The zero-order valence-electron chi connectivity index (χ0n) is 13.9. The first-order valence-corrected chi connectivity index (χ1v) is 8.61. The van der Waals surface area contributed by atoms with E-state index in [0.29, 0.717) is 29.1 Å². The number of amides is 1. The van der Waals surface area contributed by atoms with Crippen molar-refractivity contribution in [3.05, 3.63) is 40.6 Å². The SMILES string of the molecule is CC(C)n1ncc(C(=O)NCC2(C)COc3ccccc3O2)c1Br. The summed E-state index contributed by atoms with van der Waals surface area (Å²) >= 11 is 3.44. The minimum atomic E-state index is -0.621. The summed E-state index contributed by atoms with van der Waals surface area (Å²) < 4.78 is 14.2. The predicted octanol–water partition coefficient (Wildman–Crippen LogP) is 3.19. The van der Waals surface area contributed by atoms with E-state index >= 15 is 0 Å². The topological polar surface area (TPSA) is 65.4 Å². The molecule has 1 aliphatic rings. The Morgan fingerprint density at radius 1 is 1.42 bits per heavy atom. The molecular formula is C17H20BrN3O3. The van der Waals surface area contributed by atoms with E-state index in [9.17, 15) is 4.79 Å². The van der Waals surface area contributed by atoms with Crippen molar-refractivity contribution in [2.45, 2.75) is 32.4 Å². The molecule has 0 aliphatic carbocycles. The number of hydrogen-bond acceptors (Lipinski definition) is 4. The highest BCUT2D eigenvalue weighted by Gasteiger charge is 2.34. The Kier molecular flexibility index (Phi) is 4.54. The average Bonchev–Trinajstić information content (AvgIpc) is 2.94. The Bertz CT molecular complexity index is 759. The summed E-state index contributed by atoms with van der Waals surface area (Å²) in [5, 5.41) is 7.14. The van der Waals surface area contributed by atoms with Crippen molar-refractivity contribution in [3.63, 3.8) is 0 Å². The van der Waals surface area contributed by atoms with Gasteiger partial charge in [-0.1, -0.05) is 12.1 Å². The molecule has 2 heterocycles. The van der Waals surface area contributed by atoms with Gasteiger partial charge in [0.05, 0.1) is 18.3 Å². The van der Waals surface area contributed by atoms with E-state index in [-0.39, 0.29) is 11.9 Å². The number of rotatable bonds is 4. The van der Waals surface area contributed by atoms with Crippen LogP contribution in [0.25, 0.3) is 0 Å². The van der Waals surface area contributed by atoms with E-state index in [2.05, 4.69) is 26.3 Å². The van der Waals surface area contributed by atoms with Crippen LogP contribution in [0.3, 0.4) is 0 Å². The van der Waals surface area contributed by atoms with Gasteiger partial charge in [0, 0.05) is 6.04 Å². The van der Waals surface area contributed by atoms with Crippen LogP contribution in [0, 0.1) is 0 Å². The molecule has 24 heavy (non-hydrogen) atoms. The summed E-state index contributed by atoms with van der Waals surface area (Å²) in [4.78, 5) is 12.4. The molecule has 3 rings (SSSR count). The second kappa shape index (κ2) is 6.47. The number of para-hydroxylation sites is 2. The molecule has 1 aromatic heterocycles. The smallest absolute Gasteiger partial charge is 0.255 e. The Hall–Kier alpha value is -2.02. The molecule has 0 fully saturated rings. The standard InChI is InChI=1S/C17H20BrN3O3/c1-11(2)21-15(18)12(8-20-21)16(22)19-9-17(3)10-23-13-6-4-5-7-14(13)24-17/h4-8,11H,9-10H2,1-3H3,(H,19,22). The number of carbonyl (C=O) groups is 1. The summed E-state index contributed by atoms with van der Waals surface area (Å²) in [5.74, 6) is 1.22. The monoisotopic (exact) mass is 393 g/mol. The lowest BCUT2D eigenvalue weighted by Crippen LogP contribution is -2.51. The molecule has 1 N–H and O–H groups in total. The van der Waals surface area contributed by atoms with Crippen molar-refractivity contribution in [3.8, 4) is 11.5 Å². The zero-order valence-corrected chi connectivity index (χ0v) is 15.5. The van der Waals surface area contributed by atoms with Gasteiger partial charge in [-0.2, -0.15) is 5.10 Å². The highest BCUT2D eigenvalue weighted by atomic mass is 79.9. The van der Waals surface area contributed by atoms with Gasteiger partial charge in [0.2, 0.25) is 0 Å². The number of nitrogens with zero attached hydrogens (tertiary/aromatic N) is 2. The van der Waals surface area contributed by atoms with E-state index in [0.717, 1.165) is 5.75 Å². The van der Waals surface area contributed by atoms with E-state index in [4.69, 9.17) is 9.47 Å². The second-order valence-electron chi connectivity index (χ2n) is 6.36. The molecule has 6 nitrogen and oxygen atoms in total. The van der Waals surface area contributed by atoms with Gasteiger partial charge in [0.25, 0.3) is 5.91 Å².